The number of aromatic nitrogens is 2. The zero-order valence-electron chi connectivity index (χ0n) is 14.9. The Morgan fingerprint density at radius 3 is 2.65 bits per heavy atom. The second-order valence-electron chi connectivity index (χ2n) is 6.77. The second-order valence-corrected chi connectivity index (χ2v) is 6.77. The molecule has 1 amide bonds. The molecule has 1 aromatic carbocycles. The van der Waals surface area contributed by atoms with Crippen molar-refractivity contribution in [2.45, 2.75) is 13.5 Å². The lowest BCUT2D eigenvalue weighted by atomic mass is 10.2. The van der Waals surface area contributed by atoms with Gasteiger partial charge < -0.3 is 4.40 Å². The normalized spacial score (nSPS) is 16.0. The van der Waals surface area contributed by atoms with Crippen LogP contribution in [0.3, 0.4) is 0 Å². The van der Waals surface area contributed by atoms with Crippen LogP contribution in [0.15, 0.2) is 54.9 Å². The SMILES string of the molecule is Cc1ccn2cc(CN3CCN(NC(=O)c4ccccc4)CC3)nc2c1. The maximum atomic E-state index is 12.2. The first-order chi connectivity index (χ1) is 12.7. The largest absolute Gasteiger partial charge is 0.307 e. The van der Waals surface area contributed by atoms with Gasteiger partial charge in [0.05, 0.1) is 5.69 Å². The van der Waals surface area contributed by atoms with E-state index in [-0.39, 0.29) is 5.91 Å². The molecule has 2 aromatic heterocycles. The Bertz CT molecular complexity index is 897. The number of amides is 1. The van der Waals surface area contributed by atoms with E-state index < -0.39 is 0 Å². The van der Waals surface area contributed by atoms with Crippen LogP contribution >= 0.6 is 0 Å². The molecule has 3 heterocycles. The summed E-state index contributed by atoms with van der Waals surface area (Å²) in [5, 5.41) is 2.00. The summed E-state index contributed by atoms with van der Waals surface area (Å²) in [5.74, 6) is -0.0465. The van der Waals surface area contributed by atoms with E-state index in [1.165, 1.54) is 5.56 Å². The first-order valence-corrected chi connectivity index (χ1v) is 8.95. The van der Waals surface area contributed by atoms with Crippen LogP contribution in [0, 0.1) is 6.92 Å². The van der Waals surface area contributed by atoms with Crippen molar-refractivity contribution < 1.29 is 4.79 Å². The Morgan fingerprint density at radius 2 is 1.88 bits per heavy atom. The van der Waals surface area contributed by atoms with Gasteiger partial charge in [0.15, 0.2) is 0 Å². The first-order valence-electron chi connectivity index (χ1n) is 8.95. The first kappa shape index (κ1) is 16.8. The average Bonchev–Trinajstić information content (AvgIpc) is 3.05. The van der Waals surface area contributed by atoms with E-state index >= 15 is 0 Å². The third kappa shape index (κ3) is 3.76. The molecule has 6 heteroatoms. The van der Waals surface area contributed by atoms with Crippen LogP contribution in [-0.2, 0) is 6.54 Å². The van der Waals surface area contributed by atoms with Gasteiger partial charge in [-0.2, -0.15) is 0 Å². The smallest absolute Gasteiger partial charge is 0.265 e. The van der Waals surface area contributed by atoms with Crippen molar-refractivity contribution in [3.63, 3.8) is 0 Å². The van der Waals surface area contributed by atoms with Crippen molar-refractivity contribution in [1.29, 1.82) is 0 Å². The molecule has 0 radical (unpaired) electrons. The summed E-state index contributed by atoms with van der Waals surface area (Å²) >= 11 is 0. The lowest BCUT2D eigenvalue weighted by Gasteiger charge is -2.34. The number of imidazole rings is 1. The fraction of sp³-hybridized carbons (Fsp3) is 0.300. The molecule has 0 atom stereocenters. The topological polar surface area (TPSA) is 52.9 Å². The zero-order chi connectivity index (χ0) is 17.9. The summed E-state index contributed by atoms with van der Waals surface area (Å²) in [4.78, 5) is 19.3. The number of benzene rings is 1. The fourth-order valence-electron chi connectivity index (χ4n) is 3.26. The van der Waals surface area contributed by atoms with Crippen molar-refractivity contribution in [3.05, 3.63) is 71.7 Å². The van der Waals surface area contributed by atoms with E-state index in [1.54, 1.807) is 0 Å². The molecule has 0 unspecified atom stereocenters. The summed E-state index contributed by atoms with van der Waals surface area (Å²) < 4.78 is 2.07. The Hall–Kier alpha value is -2.70. The lowest BCUT2D eigenvalue weighted by molar-refractivity contribution is 0.0602. The standard InChI is InChI=1S/C20H23N5O/c1-16-7-8-24-15-18(21-19(24)13-16)14-23-9-11-25(12-10-23)22-20(26)17-5-3-2-4-6-17/h2-8,13,15H,9-12,14H2,1H3,(H,22,26). The fourth-order valence-corrected chi connectivity index (χ4v) is 3.26. The van der Waals surface area contributed by atoms with Crippen LogP contribution in [0.25, 0.3) is 5.65 Å². The zero-order valence-corrected chi connectivity index (χ0v) is 14.9. The van der Waals surface area contributed by atoms with Crippen molar-refractivity contribution in [2.24, 2.45) is 0 Å². The molecule has 1 aliphatic rings. The molecule has 3 aromatic rings. The predicted octanol–water partition coefficient (Wildman–Crippen LogP) is 2.11. The highest BCUT2D eigenvalue weighted by Crippen LogP contribution is 2.11. The molecular weight excluding hydrogens is 326 g/mol. The number of rotatable bonds is 4. The minimum absolute atomic E-state index is 0.0465. The third-order valence-corrected chi connectivity index (χ3v) is 4.72. The molecule has 1 N–H and O–H groups in total. The van der Waals surface area contributed by atoms with Crippen LogP contribution in [0.4, 0.5) is 0 Å². The highest BCUT2D eigenvalue weighted by molar-refractivity contribution is 5.93. The van der Waals surface area contributed by atoms with Gasteiger partial charge in [-0.1, -0.05) is 18.2 Å². The molecule has 0 saturated carbocycles. The van der Waals surface area contributed by atoms with Crippen molar-refractivity contribution in [3.8, 4) is 0 Å². The number of hydrogen-bond donors (Lipinski definition) is 1. The lowest BCUT2D eigenvalue weighted by Crippen LogP contribution is -2.53. The number of hydrogen-bond acceptors (Lipinski definition) is 4. The van der Waals surface area contributed by atoms with Gasteiger partial charge in [-0.25, -0.2) is 9.99 Å². The molecular formula is C20H23N5O. The molecule has 0 aliphatic carbocycles. The third-order valence-electron chi connectivity index (χ3n) is 4.72. The minimum Gasteiger partial charge on any atom is -0.307 e. The maximum absolute atomic E-state index is 12.2. The van der Waals surface area contributed by atoms with Gasteiger partial charge in [0.2, 0.25) is 0 Å². The van der Waals surface area contributed by atoms with Gasteiger partial charge >= 0.3 is 0 Å². The molecule has 4 rings (SSSR count). The number of nitrogens with zero attached hydrogens (tertiary/aromatic N) is 4. The maximum Gasteiger partial charge on any atom is 0.265 e. The number of carbonyl (C=O) groups excluding carboxylic acids is 1. The highest BCUT2D eigenvalue weighted by Gasteiger charge is 2.19. The predicted molar refractivity (Wildman–Crippen MR) is 101 cm³/mol. The molecule has 1 saturated heterocycles. The van der Waals surface area contributed by atoms with Gasteiger partial charge in [-0.3, -0.25) is 15.1 Å². The van der Waals surface area contributed by atoms with Crippen LogP contribution in [0.1, 0.15) is 21.6 Å². The Balaban J connectivity index is 1.31. The van der Waals surface area contributed by atoms with E-state index in [9.17, 15) is 4.79 Å². The van der Waals surface area contributed by atoms with E-state index in [0.29, 0.717) is 5.56 Å². The molecule has 1 fully saturated rings. The summed E-state index contributed by atoms with van der Waals surface area (Å²) in [6.45, 7) is 6.35. The van der Waals surface area contributed by atoms with Crippen LogP contribution < -0.4 is 5.43 Å². The van der Waals surface area contributed by atoms with Crippen molar-refractivity contribution in [1.82, 2.24) is 24.7 Å². The molecule has 0 spiro atoms. The van der Waals surface area contributed by atoms with Crippen molar-refractivity contribution >= 4 is 11.6 Å². The van der Waals surface area contributed by atoms with Gasteiger partial charge in [0.25, 0.3) is 5.91 Å². The number of fused-ring (bicyclic) bond motifs is 1. The van der Waals surface area contributed by atoms with Gasteiger partial charge in [0, 0.05) is 50.7 Å². The Morgan fingerprint density at radius 1 is 1.12 bits per heavy atom. The number of piperazine rings is 1. The van der Waals surface area contributed by atoms with E-state index in [0.717, 1.165) is 44.1 Å². The number of nitrogens with one attached hydrogen (secondary N) is 1. The van der Waals surface area contributed by atoms with Crippen LogP contribution in [0.2, 0.25) is 0 Å². The molecule has 134 valence electrons. The van der Waals surface area contributed by atoms with Gasteiger partial charge in [-0.05, 0) is 36.8 Å². The number of hydrazine groups is 1. The minimum atomic E-state index is -0.0465. The van der Waals surface area contributed by atoms with Crippen LogP contribution in [0.5, 0.6) is 0 Å². The second kappa shape index (κ2) is 7.27. The van der Waals surface area contributed by atoms with Crippen LogP contribution in [-0.4, -0.2) is 51.4 Å². The van der Waals surface area contributed by atoms with E-state index in [1.807, 2.05) is 35.3 Å². The number of carbonyl (C=O) groups is 1. The Labute approximate surface area is 153 Å². The average molecular weight is 349 g/mol. The van der Waals surface area contributed by atoms with E-state index in [2.05, 4.69) is 46.2 Å². The highest BCUT2D eigenvalue weighted by atomic mass is 16.2. The summed E-state index contributed by atoms with van der Waals surface area (Å²) in [6, 6.07) is 13.5. The number of pyridine rings is 1. The molecule has 0 bridgehead atoms. The van der Waals surface area contributed by atoms with Gasteiger partial charge in [0.1, 0.15) is 5.65 Å². The molecule has 1 aliphatic heterocycles. The number of aryl methyl sites for hydroxylation is 1. The molecule has 26 heavy (non-hydrogen) atoms. The summed E-state index contributed by atoms with van der Waals surface area (Å²) in [7, 11) is 0. The summed E-state index contributed by atoms with van der Waals surface area (Å²) in [5.41, 5.74) is 6.98. The van der Waals surface area contributed by atoms with Gasteiger partial charge in [-0.15, -0.1) is 0 Å². The Kier molecular flexibility index (Phi) is 4.69. The van der Waals surface area contributed by atoms with E-state index in [4.69, 9.17) is 4.98 Å². The van der Waals surface area contributed by atoms with Crippen molar-refractivity contribution in [2.75, 3.05) is 26.2 Å². The monoisotopic (exact) mass is 349 g/mol. The quantitative estimate of drug-likeness (QED) is 0.784. The molecule has 6 nitrogen and oxygen atoms in total. The summed E-state index contributed by atoms with van der Waals surface area (Å²) in [6.07, 6.45) is 4.15.